The minimum Gasteiger partial charge on any atom is -0.481 e. The van der Waals surface area contributed by atoms with Crippen molar-refractivity contribution in [3.63, 3.8) is 0 Å². The van der Waals surface area contributed by atoms with Gasteiger partial charge >= 0.3 is 0 Å². The zero-order valence-electron chi connectivity index (χ0n) is 9.24. The van der Waals surface area contributed by atoms with E-state index in [1.165, 1.54) is 0 Å². The Balaban J connectivity index is 2.49. The molecule has 3 N–H and O–H groups in total. The Morgan fingerprint density at radius 1 is 1.53 bits per heavy atom. The van der Waals surface area contributed by atoms with Crippen LogP contribution in [0.3, 0.4) is 0 Å². The smallest absolute Gasteiger partial charge is 0.215 e. The van der Waals surface area contributed by atoms with Gasteiger partial charge in [-0.1, -0.05) is 5.16 Å². The Morgan fingerprint density at radius 2 is 2.35 bits per heavy atom. The summed E-state index contributed by atoms with van der Waals surface area (Å²) in [5, 5.41) is 11.7. The molecule has 0 atom stereocenters. The second kappa shape index (κ2) is 4.56. The van der Waals surface area contributed by atoms with Crippen LogP contribution in [0.1, 0.15) is 5.69 Å². The average Bonchev–Trinajstić information content (AvgIpc) is 2.87. The first-order chi connectivity index (χ1) is 8.26. The molecule has 0 amide bonds. The summed E-state index contributed by atoms with van der Waals surface area (Å²) in [5.41, 5.74) is 7.00. The monoisotopic (exact) mass is 232 g/mol. The molecule has 2 rings (SSSR count). The number of amidine groups is 1. The number of oxime groups is 1. The first kappa shape index (κ1) is 11.0. The molecular formula is C11H12N4O2. The lowest BCUT2D eigenvalue weighted by molar-refractivity contribution is 0.318. The minimum absolute atomic E-state index is 0.0470. The summed E-state index contributed by atoms with van der Waals surface area (Å²) in [6.07, 6.45) is 3.44. The fraction of sp³-hybridized carbons (Fsp3) is 0.0909. The molecule has 88 valence electrons. The second-order valence-corrected chi connectivity index (χ2v) is 3.31. The molecule has 0 aliphatic heterocycles. The van der Waals surface area contributed by atoms with Crippen molar-refractivity contribution in [1.29, 1.82) is 0 Å². The summed E-state index contributed by atoms with van der Waals surface area (Å²) in [6.45, 7) is 0. The molecule has 6 nitrogen and oxygen atoms in total. The number of rotatable bonds is 3. The van der Waals surface area contributed by atoms with Crippen molar-refractivity contribution in [3.8, 4) is 11.6 Å². The van der Waals surface area contributed by atoms with Crippen molar-refractivity contribution in [2.75, 3.05) is 7.11 Å². The molecule has 0 unspecified atom stereocenters. The highest BCUT2D eigenvalue weighted by Crippen LogP contribution is 2.16. The molecule has 0 fully saturated rings. The van der Waals surface area contributed by atoms with Crippen molar-refractivity contribution in [3.05, 3.63) is 42.4 Å². The number of pyridine rings is 1. The Morgan fingerprint density at radius 3 is 3.06 bits per heavy atom. The molecule has 0 saturated carbocycles. The molecule has 6 heteroatoms. The molecule has 2 heterocycles. The van der Waals surface area contributed by atoms with Crippen LogP contribution in [0.15, 0.2) is 41.8 Å². The number of nitrogens with two attached hydrogens (primary N) is 1. The summed E-state index contributed by atoms with van der Waals surface area (Å²) in [7, 11) is 1.55. The predicted molar refractivity (Wildman–Crippen MR) is 62.6 cm³/mol. The molecule has 0 aliphatic carbocycles. The van der Waals surface area contributed by atoms with Crippen molar-refractivity contribution in [2.45, 2.75) is 0 Å². The summed E-state index contributed by atoms with van der Waals surface area (Å²) in [5.74, 6) is 0.549. The molecule has 0 spiro atoms. The second-order valence-electron chi connectivity index (χ2n) is 3.31. The van der Waals surface area contributed by atoms with Gasteiger partial charge < -0.3 is 20.2 Å². The maximum atomic E-state index is 8.69. The van der Waals surface area contributed by atoms with E-state index in [1.807, 2.05) is 6.20 Å². The van der Waals surface area contributed by atoms with Crippen LogP contribution in [0.2, 0.25) is 0 Å². The highest BCUT2D eigenvalue weighted by Gasteiger charge is 2.08. The predicted octanol–water partition coefficient (Wildman–Crippen LogP) is 0.975. The minimum atomic E-state index is 0.0470. The summed E-state index contributed by atoms with van der Waals surface area (Å²) in [4.78, 5) is 4.02. The summed E-state index contributed by atoms with van der Waals surface area (Å²) in [6, 6.07) is 7.12. The Hall–Kier alpha value is -2.50. The van der Waals surface area contributed by atoms with E-state index in [2.05, 4.69) is 10.1 Å². The third-order valence-electron chi connectivity index (χ3n) is 2.32. The molecular weight excluding hydrogens is 220 g/mol. The molecule has 0 radical (unpaired) electrons. The van der Waals surface area contributed by atoms with Gasteiger partial charge in [0.25, 0.3) is 0 Å². The maximum absolute atomic E-state index is 8.69. The van der Waals surface area contributed by atoms with E-state index in [-0.39, 0.29) is 5.84 Å². The van der Waals surface area contributed by atoms with Gasteiger partial charge in [0.15, 0.2) is 5.84 Å². The third kappa shape index (κ3) is 2.05. The van der Waals surface area contributed by atoms with Gasteiger partial charge in [0.05, 0.1) is 18.5 Å². The highest BCUT2D eigenvalue weighted by atomic mass is 16.5. The van der Waals surface area contributed by atoms with Crippen molar-refractivity contribution in [1.82, 2.24) is 9.55 Å². The van der Waals surface area contributed by atoms with Crippen LogP contribution < -0.4 is 10.5 Å². The van der Waals surface area contributed by atoms with E-state index in [0.29, 0.717) is 11.6 Å². The van der Waals surface area contributed by atoms with Crippen molar-refractivity contribution in [2.24, 2.45) is 10.9 Å². The zero-order valence-corrected chi connectivity index (χ0v) is 9.24. The molecule has 2 aromatic heterocycles. The quantitative estimate of drug-likeness (QED) is 0.357. The van der Waals surface area contributed by atoms with Gasteiger partial charge in [-0.2, -0.15) is 0 Å². The van der Waals surface area contributed by atoms with Crippen LogP contribution in [0, 0.1) is 0 Å². The lowest BCUT2D eigenvalue weighted by Crippen LogP contribution is -2.17. The Labute approximate surface area is 98.0 Å². The van der Waals surface area contributed by atoms with E-state index in [9.17, 15) is 0 Å². The van der Waals surface area contributed by atoms with Gasteiger partial charge in [-0.05, 0) is 18.2 Å². The van der Waals surface area contributed by atoms with Crippen LogP contribution in [-0.2, 0) is 0 Å². The van der Waals surface area contributed by atoms with Crippen LogP contribution >= 0.6 is 0 Å². The normalized spacial score (nSPS) is 11.5. The summed E-state index contributed by atoms with van der Waals surface area (Å²) < 4.78 is 6.82. The van der Waals surface area contributed by atoms with Crippen molar-refractivity contribution < 1.29 is 9.94 Å². The first-order valence-electron chi connectivity index (χ1n) is 4.92. The maximum Gasteiger partial charge on any atom is 0.215 e. The lowest BCUT2D eigenvalue weighted by atomic mass is 10.3. The highest BCUT2D eigenvalue weighted by molar-refractivity contribution is 5.96. The standard InChI is InChI=1S/C11H12N4O2/c1-17-10-7-8(4-5-13-10)15-6-2-3-9(15)11(12)14-16/h2-7,16H,1H3,(H2,12,14). The number of aromatic nitrogens is 2. The van der Waals surface area contributed by atoms with Gasteiger partial charge in [-0.25, -0.2) is 4.98 Å². The molecule has 2 aromatic rings. The summed E-state index contributed by atoms with van der Waals surface area (Å²) >= 11 is 0. The molecule has 0 bridgehead atoms. The van der Waals surface area contributed by atoms with Crippen LogP contribution in [0.4, 0.5) is 0 Å². The number of nitrogens with zero attached hydrogens (tertiary/aromatic N) is 3. The number of hydrogen-bond acceptors (Lipinski definition) is 4. The fourth-order valence-corrected chi connectivity index (χ4v) is 1.53. The zero-order chi connectivity index (χ0) is 12.3. The van der Waals surface area contributed by atoms with Crippen LogP contribution in [0.5, 0.6) is 5.88 Å². The van der Waals surface area contributed by atoms with E-state index in [1.54, 1.807) is 42.1 Å². The van der Waals surface area contributed by atoms with E-state index >= 15 is 0 Å². The topological polar surface area (TPSA) is 85.7 Å². The van der Waals surface area contributed by atoms with E-state index < -0.39 is 0 Å². The van der Waals surface area contributed by atoms with Crippen molar-refractivity contribution >= 4 is 5.84 Å². The van der Waals surface area contributed by atoms with Gasteiger partial charge in [-0.3, -0.25) is 0 Å². The first-order valence-corrected chi connectivity index (χ1v) is 4.92. The average molecular weight is 232 g/mol. The Kier molecular flexibility index (Phi) is 2.95. The van der Waals surface area contributed by atoms with Gasteiger partial charge in [0, 0.05) is 18.5 Å². The van der Waals surface area contributed by atoms with Gasteiger partial charge in [0.1, 0.15) is 0 Å². The van der Waals surface area contributed by atoms with Gasteiger partial charge in [-0.15, -0.1) is 0 Å². The molecule has 0 saturated heterocycles. The lowest BCUT2D eigenvalue weighted by Gasteiger charge is -2.08. The van der Waals surface area contributed by atoms with E-state index in [0.717, 1.165) is 5.69 Å². The number of hydrogen-bond donors (Lipinski definition) is 2. The Bertz CT molecular complexity index is 548. The third-order valence-corrected chi connectivity index (χ3v) is 2.32. The van der Waals surface area contributed by atoms with Crippen LogP contribution in [-0.4, -0.2) is 27.7 Å². The van der Waals surface area contributed by atoms with Crippen LogP contribution in [0.25, 0.3) is 5.69 Å². The molecule has 0 aromatic carbocycles. The number of methoxy groups -OCH3 is 1. The van der Waals surface area contributed by atoms with E-state index in [4.69, 9.17) is 15.7 Å². The number of ether oxygens (including phenoxy) is 1. The molecule has 0 aliphatic rings. The fourth-order valence-electron chi connectivity index (χ4n) is 1.53. The largest absolute Gasteiger partial charge is 0.481 e. The van der Waals surface area contributed by atoms with Gasteiger partial charge in [0.2, 0.25) is 5.88 Å². The SMILES string of the molecule is COc1cc(-n2cccc2/C(N)=N/O)ccn1. The molecule has 17 heavy (non-hydrogen) atoms.